The number of halogens is 1. The molecule has 0 fully saturated rings. The lowest BCUT2D eigenvalue weighted by Gasteiger charge is -2.15. The zero-order chi connectivity index (χ0) is 18.5. The SMILES string of the molecule is CC(NC(=O)c1ccccc1C(=O)c1ccc(Br)cc1)c1cccnc1. The Kier molecular flexibility index (Phi) is 5.58. The van der Waals surface area contributed by atoms with E-state index in [1.807, 2.05) is 19.1 Å². The van der Waals surface area contributed by atoms with Gasteiger partial charge in [0.2, 0.25) is 0 Å². The van der Waals surface area contributed by atoms with Gasteiger partial charge in [0.1, 0.15) is 0 Å². The van der Waals surface area contributed by atoms with Gasteiger partial charge < -0.3 is 5.32 Å². The van der Waals surface area contributed by atoms with Crippen LogP contribution in [0, 0.1) is 0 Å². The van der Waals surface area contributed by atoms with Crippen molar-refractivity contribution in [3.8, 4) is 0 Å². The predicted octanol–water partition coefficient (Wildman–Crippen LogP) is 4.57. The number of carbonyl (C=O) groups excluding carboxylic acids is 2. The first-order valence-corrected chi connectivity index (χ1v) is 8.95. The average molecular weight is 409 g/mol. The number of nitrogens with one attached hydrogen (secondary N) is 1. The van der Waals surface area contributed by atoms with Gasteiger partial charge in [-0.2, -0.15) is 0 Å². The van der Waals surface area contributed by atoms with E-state index in [0.29, 0.717) is 16.7 Å². The smallest absolute Gasteiger partial charge is 0.252 e. The van der Waals surface area contributed by atoms with E-state index in [1.54, 1.807) is 60.9 Å². The summed E-state index contributed by atoms with van der Waals surface area (Å²) in [6.45, 7) is 1.88. The fraction of sp³-hybridized carbons (Fsp3) is 0.0952. The first-order chi connectivity index (χ1) is 12.6. The van der Waals surface area contributed by atoms with Crippen LogP contribution >= 0.6 is 15.9 Å². The lowest BCUT2D eigenvalue weighted by Crippen LogP contribution is -2.28. The summed E-state index contributed by atoms with van der Waals surface area (Å²) in [6, 6.07) is 17.4. The van der Waals surface area contributed by atoms with E-state index in [2.05, 4.69) is 26.2 Å². The number of amides is 1. The monoisotopic (exact) mass is 408 g/mol. The van der Waals surface area contributed by atoms with Gasteiger partial charge in [0.05, 0.1) is 11.6 Å². The van der Waals surface area contributed by atoms with Crippen molar-refractivity contribution < 1.29 is 9.59 Å². The quantitative estimate of drug-likeness (QED) is 0.629. The van der Waals surface area contributed by atoms with E-state index in [9.17, 15) is 9.59 Å². The molecule has 1 unspecified atom stereocenters. The Balaban J connectivity index is 1.85. The van der Waals surface area contributed by atoms with Crippen molar-refractivity contribution in [1.82, 2.24) is 10.3 Å². The molecule has 0 aliphatic carbocycles. The molecule has 0 radical (unpaired) electrons. The van der Waals surface area contributed by atoms with Crippen LogP contribution in [0.15, 0.2) is 77.5 Å². The zero-order valence-electron chi connectivity index (χ0n) is 14.1. The van der Waals surface area contributed by atoms with Crippen LogP contribution in [-0.4, -0.2) is 16.7 Å². The van der Waals surface area contributed by atoms with Crippen LogP contribution in [-0.2, 0) is 0 Å². The molecule has 4 nitrogen and oxygen atoms in total. The van der Waals surface area contributed by atoms with Gasteiger partial charge in [-0.1, -0.05) is 40.2 Å². The topological polar surface area (TPSA) is 59.1 Å². The minimum atomic E-state index is -0.289. The molecule has 1 amide bonds. The normalized spacial score (nSPS) is 11.6. The van der Waals surface area contributed by atoms with Crippen LogP contribution in [0.5, 0.6) is 0 Å². The van der Waals surface area contributed by atoms with Crippen molar-refractivity contribution in [3.63, 3.8) is 0 Å². The number of ketones is 1. The zero-order valence-corrected chi connectivity index (χ0v) is 15.7. The molecular formula is C21H17BrN2O2. The van der Waals surface area contributed by atoms with Gasteiger partial charge in [-0.05, 0) is 48.9 Å². The minimum Gasteiger partial charge on any atom is -0.345 e. The van der Waals surface area contributed by atoms with Gasteiger partial charge in [0.25, 0.3) is 5.91 Å². The Bertz CT molecular complexity index is 924. The van der Waals surface area contributed by atoms with Crippen molar-refractivity contribution in [2.75, 3.05) is 0 Å². The number of hydrogen-bond donors (Lipinski definition) is 1. The highest BCUT2D eigenvalue weighted by Gasteiger charge is 2.19. The van der Waals surface area contributed by atoms with Crippen LogP contribution in [0.3, 0.4) is 0 Å². The Morgan fingerprint density at radius 1 is 0.962 bits per heavy atom. The number of nitrogens with zero attached hydrogens (tertiary/aromatic N) is 1. The summed E-state index contributed by atoms with van der Waals surface area (Å²) in [5.74, 6) is -0.473. The summed E-state index contributed by atoms with van der Waals surface area (Å²) >= 11 is 3.36. The second-order valence-electron chi connectivity index (χ2n) is 5.86. The van der Waals surface area contributed by atoms with Gasteiger partial charge in [-0.15, -0.1) is 0 Å². The molecule has 0 saturated carbocycles. The molecule has 2 aromatic carbocycles. The third-order valence-electron chi connectivity index (χ3n) is 4.05. The molecule has 0 saturated heterocycles. The summed E-state index contributed by atoms with van der Waals surface area (Å²) in [7, 11) is 0. The Morgan fingerprint density at radius 3 is 2.31 bits per heavy atom. The van der Waals surface area contributed by atoms with E-state index in [4.69, 9.17) is 0 Å². The summed E-state index contributed by atoms with van der Waals surface area (Å²) in [4.78, 5) is 29.7. The van der Waals surface area contributed by atoms with Gasteiger partial charge in [-0.25, -0.2) is 0 Å². The highest BCUT2D eigenvalue weighted by atomic mass is 79.9. The van der Waals surface area contributed by atoms with E-state index >= 15 is 0 Å². The molecule has 1 N–H and O–H groups in total. The molecule has 0 bridgehead atoms. The van der Waals surface area contributed by atoms with Crippen LogP contribution in [0.4, 0.5) is 0 Å². The van der Waals surface area contributed by atoms with E-state index in [-0.39, 0.29) is 17.7 Å². The largest absolute Gasteiger partial charge is 0.345 e. The van der Waals surface area contributed by atoms with Crippen molar-refractivity contribution >= 4 is 27.6 Å². The Hall–Kier alpha value is -2.79. The second-order valence-corrected chi connectivity index (χ2v) is 6.78. The molecule has 3 aromatic rings. The van der Waals surface area contributed by atoms with E-state index < -0.39 is 0 Å². The molecule has 26 heavy (non-hydrogen) atoms. The molecule has 0 aliphatic heterocycles. The summed E-state index contributed by atoms with van der Waals surface area (Å²) < 4.78 is 0.894. The number of pyridine rings is 1. The molecule has 5 heteroatoms. The number of hydrogen-bond acceptors (Lipinski definition) is 3. The molecule has 3 rings (SSSR count). The van der Waals surface area contributed by atoms with Gasteiger partial charge >= 0.3 is 0 Å². The van der Waals surface area contributed by atoms with Crippen LogP contribution in [0.2, 0.25) is 0 Å². The molecule has 1 heterocycles. The maximum absolute atomic E-state index is 12.8. The number of rotatable bonds is 5. The molecule has 0 aliphatic rings. The molecular weight excluding hydrogens is 392 g/mol. The summed E-state index contributed by atoms with van der Waals surface area (Å²) in [5, 5.41) is 2.93. The fourth-order valence-corrected chi connectivity index (χ4v) is 2.89. The molecule has 1 aromatic heterocycles. The molecule has 130 valence electrons. The second kappa shape index (κ2) is 8.06. The van der Waals surface area contributed by atoms with E-state index in [1.165, 1.54) is 0 Å². The third kappa shape index (κ3) is 4.06. The summed E-state index contributed by atoms with van der Waals surface area (Å²) in [6.07, 6.45) is 3.40. The first kappa shape index (κ1) is 18.0. The number of carbonyl (C=O) groups is 2. The number of aromatic nitrogens is 1. The van der Waals surface area contributed by atoms with Gasteiger partial charge in [-0.3, -0.25) is 14.6 Å². The lowest BCUT2D eigenvalue weighted by atomic mass is 9.97. The fourth-order valence-electron chi connectivity index (χ4n) is 2.63. The van der Waals surface area contributed by atoms with Crippen molar-refractivity contribution in [1.29, 1.82) is 0 Å². The highest BCUT2D eigenvalue weighted by molar-refractivity contribution is 9.10. The van der Waals surface area contributed by atoms with Crippen molar-refractivity contribution in [3.05, 3.63) is 99.8 Å². The molecule has 0 spiro atoms. The minimum absolute atomic E-state index is 0.183. The predicted molar refractivity (Wildman–Crippen MR) is 104 cm³/mol. The standard InChI is InChI=1S/C21H17BrN2O2/c1-14(16-5-4-12-23-13-16)24-21(26)19-7-3-2-6-18(19)20(25)15-8-10-17(22)11-9-15/h2-14H,1H3,(H,24,26). The number of benzene rings is 2. The van der Waals surface area contributed by atoms with Crippen LogP contribution in [0.1, 0.15) is 44.8 Å². The van der Waals surface area contributed by atoms with Crippen LogP contribution in [0.25, 0.3) is 0 Å². The highest BCUT2D eigenvalue weighted by Crippen LogP contribution is 2.18. The molecule has 1 atom stereocenters. The maximum atomic E-state index is 12.8. The van der Waals surface area contributed by atoms with Gasteiger partial charge in [0, 0.05) is 28.0 Å². The van der Waals surface area contributed by atoms with Crippen molar-refractivity contribution in [2.24, 2.45) is 0 Å². The van der Waals surface area contributed by atoms with Crippen molar-refractivity contribution in [2.45, 2.75) is 13.0 Å². The van der Waals surface area contributed by atoms with Gasteiger partial charge in [0.15, 0.2) is 5.78 Å². The first-order valence-electron chi connectivity index (χ1n) is 8.16. The third-order valence-corrected chi connectivity index (χ3v) is 4.58. The van der Waals surface area contributed by atoms with Crippen LogP contribution < -0.4 is 5.32 Å². The van der Waals surface area contributed by atoms with E-state index in [0.717, 1.165) is 10.0 Å². The Labute approximate surface area is 160 Å². The summed E-state index contributed by atoms with van der Waals surface area (Å²) in [5.41, 5.74) is 2.17. The average Bonchev–Trinajstić information content (AvgIpc) is 2.68. The maximum Gasteiger partial charge on any atom is 0.252 e. The lowest BCUT2D eigenvalue weighted by molar-refractivity contribution is 0.0929. The Morgan fingerprint density at radius 2 is 1.65 bits per heavy atom.